The molecule has 5 heteroatoms. The molecule has 0 aromatic carbocycles. The molecular formula is C12H25N3O2. The lowest BCUT2D eigenvalue weighted by molar-refractivity contribution is -0.122. The number of rotatable bonds is 6. The topological polar surface area (TPSA) is 53.6 Å². The van der Waals surface area contributed by atoms with Gasteiger partial charge in [0.15, 0.2) is 0 Å². The number of nitrogens with one attached hydrogen (secondary N) is 2. The Morgan fingerprint density at radius 2 is 2.35 bits per heavy atom. The van der Waals surface area contributed by atoms with Crippen LogP contribution in [0.3, 0.4) is 0 Å². The molecule has 2 atom stereocenters. The Kier molecular flexibility index (Phi) is 6.47. The van der Waals surface area contributed by atoms with Crippen LogP contribution in [0.5, 0.6) is 0 Å². The van der Waals surface area contributed by atoms with Crippen LogP contribution in [0.15, 0.2) is 0 Å². The molecule has 1 amide bonds. The number of hydrogen-bond acceptors (Lipinski definition) is 4. The second-order valence-corrected chi connectivity index (χ2v) is 4.72. The van der Waals surface area contributed by atoms with Gasteiger partial charge in [-0.15, -0.1) is 0 Å². The van der Waals surface area contributed by atoms with Gasteiger partial charge in [-0.05, 0) is 20.5 Å². The van der Waals surface area contributed by atoms with E-state index in [0.29, 0.717) is 13.0 Å². The third-order valence-electron chi connectivity index (χ3n) is 2.91. The summed E-state index contributed by atoms with van der Waals surface area (Å²) in [5.41, 5.74) is 0. The summed E-state index contributed by atoms with van der Waals surface area (Å²) in [6.45, 7) is 8.19. The molecule has 0 radical (unpaired) electrons. The molecule has 0 aromatic rings. The van der Waals surface area contributed by atoms with Crippen LogP contribution in [0.1, 0.15) is 20.3 Å². The highest BCUT2D eigenvalue weighted by Gasteiger charge is 2.18. The fourth-order valence-electron chi connectivity index (χ4n) is 1.99. The molecule has 0 bridgehead atoms. The van der Waals surface area contributed by atoms with Gasteiger partial charge in [-0.1, -0.05) is 6.92 Å². The van der Waals surface area contributed by atoms with E-state index in [2.05, 4.69) is 22.6 Å². The summed E-state index contributed by atoms with van der Waals surface area (Å²) < 4.78 is 5.58. The number of morpholine rings is 1. The van der Waals surface area contributed by atoms with Crippen LogP contribution in [0.4, 0.5) is 0 Å². The molecule has 2 N–H and O–H groups in total. The molecular weight excluding hydrogens is 218 g/mol. The van der Waals surface area contributed by atoms with Gasteiger partial charge in [0.25, 0.3) is 0 Å². The first kappa shape index (κ1) is 14.4. The number of amides is 1. The predicted octanol–water partition coefficient (Wildman–Crippen LogP) is -0.179. The van der Waals surface area contributed by atoms with Crippen molar-refractivity contribution < 1.29 is 9.53 Å². The van der Waals surface area contributed by atoms with Crippen molar-refractivity contribution in [2.45, 2.75) is 32.4 Å². The number of carbonyl (C=O) groups excluding carboxylic acids is 1. The molecule has 100 valence electrons. The molecule has 1 rings (SSSR count). The van der Waals surface area contributed by atoms with Crippen LogP contribution in [-0.2, 0) is 9.53 Å². The summed E-state index contributed by atoms with van der Waals surface area (Å²) in [5, 5.41) is 6.15. The third-order valence-corrected chi connectivity index (χ3v) is 2.91. The van der Waals surface area contributed by atoms with E-state index in [4.69, 9.17) is 4.74 Å². The fraction of sp³-hybridized carbons (Fsp3) is 0.917. The van der Waals surface area contributed by atoms with Crippen molar-refractivity contribution in [1.82, 2.24) is 15.5 Å². The van der Waals surface area contributed by atoms with E-state index in [-0.39, 0.29) is 18.1 Å². The lowest BCUT2D eigenvalue weighted by Gasteiger charge is -2.30. The lowest BCUT2D eigenvalue weighted by Crippen LogP contribution is -2.46. The van der Waals surface area contributed by atoms with E-state index in [1.54, 1.807) is 0 Å². The Labute approximate surface area is 104 Å². The van der Waals surface area contributed by atoms with E-state index in [1.807, 2.05) is 13.8 Å². The minimum Gasteiger partial charge on any atom is -0.374 e. The highest BCUT2D eigenvalue weighted by Crippen LogP contribution is 2.01. The second-order valence-electron chi connectivity index (χ2n) is 4.72. The smallest absolute Gasteiger partial charge is 0.221 e. The lowest BCUT2D eigenvalue weighted by atomic mass is 10.2. The van der Waals surface area contributed by atoms with Crippen LogP contribution in [-0.4, -0.2) is 62.8 Å². The zero-order chi connectivity index (χ0) is 12.7. The monoisotopic (exact) mass is 243 g/mol. The molecule has 0 aromatic heterocycles. The molecule has 0 saturated carbocycles. The maximum Gasteiger partial charge on any atom is 0.221 e. The minimum absolute atomic E-state index is 0.0928. The predicted molar refractivity (Wildman–Crippen MR) is 68.0 cm³/mol. The molecule has 2 unspecified atom stereocenters. The summed E-state index contributed by atoms with van der Waals surface area (Å²) in [4.78, 5) is 13.9. The van der Waals surface area contributed by atoms with E-state index < -0.39 is 0 Å². The quantitative estimate of drug-likeness (QED) is 0.679. The van der Waals surface area contributed by atoms with E-state index in [1.165, 1.54) is 0 Å². The minimum atomic E-state index is 0.0928. The van der Waals surface area contributed by atoms with Crippen molar-refractivity contribution in [2.75, 3.05) is 39.8 Å². The highest BCUT2D eigenvalue weighted by molar-refractivity contribution is 5.76. The standard InChI is InChI=1S/C12H25N3O2/c1-4-13-10(2)7-12(16)14-8-11-9-15(3)5-6-17-11/h10-11,13H,4-9H2,1-3H3,(H,14,16). The molecule has 17 heavy (non-hydrogen) atoms. The van der Waals surface area contributed by atoms with E-state index >= 15 is 0 Å². The summed E-state index contributed by atoms with van der Waals surface area (Å²) >= 11 is 0. The molecule has 1 fully saturated rings. The summed E-state index contributed by atoms with van der Waals surface area (Å²) in [5.74, 6) is 0.0928. The van der Waals surface area contributed by atoms with Gasteiger partial charge in [0.05, 0.1) is 12.7 Å². The van der Waals surface area contributed by atoms with Gasteiger partial charge in [-0.2, -0.15) is 0 Å². The first-order valence-electron chi connectivity index (χ1n) is 6.42. The van der Waals surface area contributed by atoms with Gasteiger partial charge in [-0.3, -0.25) is 4.79 Å². The fourth-order valence-corrected chi connectivity index (χ4v) is 1.99. The van der Waals surface area contributed by atoms with Crippen molar-refractivity contribution in [3.63, 3.8) is 0 Å². The third kappa shape index (κ3) is 6.00. The van der Waals surface area contributed by atoms with Crippen LogP contribution >= 0.6 is 0 Å². The van der Waals surface area contributed by atoms with Crippen molar-refractivity contribution in [2.24, 2.45) is 0 Å². The molecule has 1 aliphatic heterocycles. The largest absolute Gasteiger partial charge is 0.374 e. The summed E-state index contributed by atoms with van der Waals surface area (Å²) in [6.07, 6.45) is 0.656. The number of ether oxygens (including phenoxy) is 1. The Balaban J connectivity index is 2.14. The maximum absolute atomic E-state index is 11.6. The molecule has 1 saturated heterocycles. The van der Waals surface area contributed by atoms with E-state index in [9.17, 15) is 4.79 Å². The molecule has 0 spiro atoms. The molecule has 0 aliphatic carbocycles. The van der Waals surface area contributed by atoms with Gasteiger partial charge in [0.2, 0.25) is 5.91 Å². The first-order valence-corrected chi connectivity index (χ1v) is 6.42. The van der Waals surface area contributed by atoms with Gasteiger partial charge >= 0.3 is 0 Å². The Morgan fingerprint density at radius 1 is 1.59 bits per heavy atom. The molecule has 5 nitrogen and oxygen atoms in total. The second kappa shape index (κ2) is 7.63. The zero-order valence-electron chi connectivity index (χ0n) is 11.2. The van der Waals surface area contributed by atoms with Gasteiger partial charge in [-0.25, -0.2) is 0 Å². The Bertz CT molecular complexity index is 236. The highest BCUT2D eigenvalue weighted by atomic mass is 16.5. The normalized spacial score (nSPS) is 23.4. The van der Waals surface area contributed by atoms with Crippen molar-refractivity contribution >= 4 is 5.91 Å². The number of nitrogens with zero attached hydrogens (tertiary/aromatic N) is 1. The average Bonchev–Trinajstić information content (AvgIpc) is 2.27. The maximum atomic E-state index is 11.6. The van der Waals surface area contributed by atoms with Crippen LogP contribution in [0, 0.1) is 0 Å². The SMILES string of the molecule is CCNC(C)CC(=O)NCC1CN(C)CCO1. The number of hydrogen-bond donors (Lipinski definition) is 2. The first-order chi connectivity index (χ1) is 8.11. The number of likely N-dealkylation sites (N-methyl/N-ethyl adjacent to an activating group) is 1. The van der Waals surface area contributed by atoms with E-state index in [0.717, 1.165) is 26.2 Å². The van der Waals surface area contributed by atoms with Crippen molar-refractivity contribution in [3.8, 4) is 0 Å². The van der Waals surface area contributed by atoms with Gasteiger partial charge < -0.3 is 20.3 Å². The summed E-state index contributed by atoms with van der Waals surface area (Å²) in [7, 11) is 2.07. The van der Waals surface area contributed by atoms with Crippen LogP contribution < -0.4 is 10.6 Å². The zero-order valence-corrected chi connectivity index (χ0v) is 11.2. The molecule has 1 aliphatic rings. The summed E-state index contributed by atoms with van der Waals surface area (Å²) in [6, 6.07) is 0.231. The van der Waals surface area contributed by atoms with Crippen molar-refractivity contribution in [3.05, 3.63) is 0 Å². The average molecular weight is 243 g/mol. The molecule has 1 heterocycles. The van der Waals surface area contributed by atoms with Crippen molar-refractivity contribution in [1.29, 1.82) is 0 Å². The van der Waals surface area contributed by atoms with Gasteiger partial charge in [0, 0.05) is 32.1 Å². The van der Waals surface area contributed by atoms with Gasteiger partial charge in [0.1, 0.15) is 0 Å². The Hall–Kier alpha value is -0.650. The van der Waals surface area contributed by atoms with Crippen LogP contribution in [0.2, 0.25) is 0 Å². The number of carbonyl (C=O) groups is 1. The Morgan fingerprint density at radius 3 is 3.00 bits per heavy atom. The van der Waals surface area contributed by atoms with Crippen LogP contribution in [0.25, 0.3) is 0 Å².